The first-order valence-electron chi connectivity index (χ1n) is 6.56. The van der Waals surface area contributed by atoms with Crippen molar-refractivity contribution in [1.82, 2.24) is 0 Å². The van der Waals surface area contributed by atoms with E-state index in [0.29, 0.717) is 27.3 Å². The van der Waals surface area contributed by atoms with Crippen LogP contribution in [-0.4, -0.2) is 19.9 Å². The lowest BCUT2D eigenvalue weighted by Crippen LogP contribution is -2.06. The number of halogens is 1. The van der Waals surface area contributed by atoms with Gasteiger partial charge in [-0.15, -0.1) is 0 Å². The van der Waals surface area contributed by atoms with Crippen LogP contribution < -0.4 is 14.2 Å². The summed E-state index contributed by atoms with van der Waals surface area (Å²) < 4.78 is 21.6. The number of carbonyl (C=O) groups excluding carboxylic acids is 1. The van der Waals surface area contributed by atoms with E-state index >= 15 is 0 Å². The maximum absolute atomic E-state index is 12.2. The summed E-state index contributed by atoms with van der Waals surface area (Å²) in [6.07, 6.45) is 0. The molecule has 0 unspecified atom stereocenters. The second-order valence-electron chi connectivity index (χ2n) is 4.61. The number of carbonyl (C=O) groups is 1. The first-order chi connectivity index (χ1) is 10.7. The van der Waals surface area contributed by atoms with Gasteiger partial charge in [-0.1, -0.05) is 6.07 Å². The van der Waals surface area contributed by atoms with Gasteiger partial charge in [0.25, 0.3) is 0 Å². The van der Waals surface area contributed by atoms with Crippen LogP contribution in [0.25, 0.3) is 0 Å². The van der Waals surface area contributed by atoms with Crippen molar-refractivity contribution in [3.63, 3.8) is 0 Å². The zero-order valence-corrected chi connectivity index (χ0v) is 13.4. The van der Waals surface area contributed by atoms with Gasteiger partial charge in [0.15, 0.2) is 11.5 Å². The highest BCUT2D eigenvalue weighted by Crippen LogP contribution is 2.32. The van der Waals surface area contributed by atoms with Gasteiger partial charge in [-0.05, 0) is 51.8 Å². The van der Waals surface area contributed by atoms with Crippen molar-refractivity contribution >= 4 is 21.9 Å². The summed E-state index contributed by atoms with van der Waals surface area (Å²) in [7, 11) is 1.55. The first-order valence-corrected chi connectivity index (χ1v) is 7.36. The highest BCUT2D eigenvalue weighted by molar-refractivity contribution is 9.10. The average molecular weight is 365 g/mol. The summed E-state index contributed by atoms with van der Waals surface area (Å²) in [6, 6.07) is 10.6. The van der Waals surface area contributed by atoms with Crippen LogP contribution in [0, 0.1) is 0 Å². The Bertz CT molecular complexity index is 714. The molecule has 1 heterocycles. The molecular formula is C16H13BrO5. The fraction of sp³-hybridized carbons (Fsp3) is 0.188. The summed E-state index contributed by atoms with van der Waals surface area (Å²) in [5.74, 6) is 1.53. The normalized spacial score (nSPS) is 12.1. The Balaban J connectivity index is 1.70. The molecule has 6 heteroatoms. The quantitative estimate of drug-likeness (QED) is 0.776. The Morgan fingerprint density at radius 3 is 2.82 bits per heavy atom. The molecule has 114 valence electrons. The molecule has 0 bridgehead atoms. The molecule has 0 radical (unpaired) electrons. The Labute approximate surface area is 135 Å². The molecule has 0 aromatic heterocycles. The van der Waals surface area contributed by atoms with Gasteiger partial charge in [-0.2, -0.15) is 0 Å². The van der Waals surface area contributed by atoms with Gasteiger partial charge in [0.2, 0.25) is 6.79 Å². The van der Waals surface area contributed by atoms with Crippen LogP contribution >= 0.6 is 15.9 Å². The molecule has 1 aliphatic rings. The molecule has 0 fully saturated rings. The topological polar surface area (TPSA) is 54.0 Å². The van der Waals surface area contributed by atoms with E-state index < -0.39 is 5.97 Å². The van der Waals surface area contributed by atoms with Crippen molar-refractivity contribution in [1.29, 1.82) is 0 Å². The number of hydrogen-bond acceptors (Lipinski definition) is 5. The molecule has 0 N–H and O–H groups in total. The van der Waals surface area contributed by atoms with E-state index in [9.17, 15) is 4.79 Å². The predicted molar refractivity (Wildman–Crippen MR) is 82.4 cm³/mol. The van der Waals surface area contributed by atoms with Crippen molar-refractivity contribution in [3.8, 4) is 17.2 Å². The highest BCUT2D eigenvalue weighted by Gasteiger charge is 2.16. The largest absolute Gasteiger partial charge is 0.497 e. The molecule has 5 nitrogen and oxygen atoms in total. The highest BCUT2D eigenvalue weighted by atomic mass is 79.9. The average Bonchev–Trinajstić information content (AvgIpc) is 3.00. The molecular weight excluding hydrogens is 352 g/mol. The number of methoxy groups -OCH3 is 1. The van der Waals surface area contributed by atoms with Crippen molar-refractivity contribution in [2.75, 3.05) is 13.9 Å². The predicted octanol–water partition coefficient (Wildman–Crippen LogP) is 3.54. The molecule has 0 saturated carbocycles. The number of hydrogen-bond donors (Lipinski definition) is 0. The maximum Gasteiger partial charge on any atom is 0.339 e. The summed E-state index contributed by atoms with van der Waals surface area (Å²) in [6.45, 7) is 0.369. The Hall–Kier alpha value is -2.21. The van der Waals surface area contributed by atoms with E-state index in [2.05, 4.69) is 15.9 Å². The minimum absolute atomic E-state index is 0.152. The first kappa shape index (κ1) is 14.7. The maximum atomic E-state index is 12.2. The van der Waals surface area contributed by atoms with Crippen molar-refractivity contribution in [2.45, 2.75) is 6.61 Å². The van der Waals surface area contributed by atoms with Crippen LogP contribution in [0.5, 0.6) is 17.2 Å². The monoisotopic (exact) mass is 364 g/mol. The van der Waals surface area contributed by atoms with Gasteiger partial charge >= 0.3 is 5.97 Å². The fourth-order valence-electron chi connectivity index (χ4n) is 2.05. The van der Waals surface area contributed by atoms with Crippen LogP contribution in [0.1, 0.15) is 15.9 Å². The Morgan fingerprint density at radius 1 is 1.18 bits per heavy atom. The zero-order chi connectivity index (χ0) is 15.5. The number of benzene rings is 2. The van der Waals surface area contributed by atoms with Gasteiger partial charge in [0, 0.05) is 4.47 Å². The van der Waals surface area contributed by atoms with E-state index in [1.807, 2.05) is 6.07 Å². The van der Waals surface area contributed by atoms with Crippen LogP contribution in [-0.2, 0) is 11.3 Å². The second kappa shape index (κ2) is 6.27. The molecule has 0 atom stereocenters. The Kier molecular flexibility index (Phi) is 4.20. The molecule has 2 aromatic rings. The van der Waals surface area contributed by atoms with Crippen molar-refractivity contribution in [2.24, 2.45) is 0 Å². The third-order valence-corrected chi connectivity index (χ3v) is 3.89. The van der Waals surface area contributed by atoms with E-state index in [0.717, 1.165) is 5.56 Å². The summed E-state index contributed by atoms with van der Waals surface area (Å²) in [5.41, 5.74) is 1.25. The van der Waals surface area contributed by atoms with Gasteiger partial charge in [-0.25, -0.2) is 4.79 Å². The molecule has 2 aromatic carbocycles. The molecule has 1 aliphatic heterocycles. The number of esters is 1. The smallest absolute Gasteiger partial charge is 0.339 e. The van der Waals surface area contributed by atoms with Crippen molar-refractivity contribution < 1.29 is 23.7 Å². The molecule has 0 aliphatic carbocycles. The van der Waals surface area contributed by atoms with Crippen LogP contribution in [0.15, 0.2) is 40.9 Å². The Morgan fingerprint density at radius 2 is 2.00 bits per heavy atom. The van der Waals surface area contributed by atoms with Gasteiger partial charge < -0.3 is 18.9 Å². The van der Waals surface area contributed by atoms with Crippen LogP contribution in [0.3, 0.4) is 0 Å². The van der Waals surface area contributed by atoms with Gasteiger partial charge in [-0.3, -0.25) is 0 Å². The lowest BCUT2D eigenvalue weighted by atomic mass is 10.2. The van der Waals surface area contributed by atoms with Crippen LogP contribution in [0.4, 0.5) is 0 Å². The standard InChI is InChI=1S/C16H13BrO5/c1-19-11-3-4-13(17)12(7-11)16(18)20-8-10-2-5-14-15(6-10)22-9-21-14/h2-7H,8-9H2,1H3. The van der Waals surface area contributed by atoms with E-state index in [1.54, 1.807) is 37.4 Å². The zero-order valence-electron chi connectivity index (χ0n) is 11.8. The summed E-state index contributed by atoms with van der Waals surface area (Å²) >= 11 is 3.33. The van der Waals surface area contributed by atoms with Crippen molar-refractivity contribution in [3.05, 3.63) is 52.0 Å². The second-order valence-corrected chi connectivity index (χ2v) is 5.46. The molecule has 0 saturated heterocycles. The molecule has 3 rings (SSSR count). The van der Waals surface area contributed by atoms with E-state index in [4.69, 9.17) is 18.9 Å². The SMILES string of the molecule is COc1ccc(Br)c(C(=O)OCc2ccc3c(c2)OCO3)c1. The van der Waals surface area contributed by atoms with E-state index in [1.165, 1.54) is 0 Å². The van der Waals surface area contributed by atoms with Gasteiger partial charge in [0.1, 0.15) is 12.4 Å². The number of rotatable bonds is 4. The van der Waals surface area contributed by atoms with Crippen LogP contribution in [0.2, 0.25) is 0 Å². The molecule has 22 heavy (non-hydrogen) atoms. The third-order valence-electron chi connectivity index (χ3n) is 3.20. The summed E-state index contributed by atoms with van der Waals surface area (Å²) in [5, 5.41) is 0. The summed E-state index contributed by atoms with van der Waals surface area (Å²) in [4.78, 5) is 12.2. The fourth-order valence-corrected chi connectivity index (χ4v) is 2.45. The minimum Gasteiger partial charge on any atom is -0.497 e. The lowest BCUT2D eigenvalue weighted by molar-refractivity contribution is 0.0471. The number of ether oxygens (including phenoxy) is 4. The minimum atomic E-state index is -0.427. The molecule has 0 spiro atoms. The number of fused-ring (bicyclic) bond motifs is 1. The van der Waals surface area contributed by atoms with E-state index in [-0.39, 0.29) is 13.4 Å². The third kappa shape index (κ3) is 3.01. The molecule has 0 amide bonds. The van der Waals surface area contributed by atoms with Gasteiger partial charge in [0.05, 0.1) is 12.7 Å². The lowest BCUT2D eigenvalue weighted by Gasteiger charge is -2.08.